The van der Waals surface area contributed by atoms with Gasteiger partial charge in [0.2, 0.25) is 0 Å². The average Bonchev–Trinajstić information content (AvgIpc) is 2.48. The molecule has 1 aliphatic heterocycles. The van der Waals surface area contributed by atoms with Crippen molar-refractivity contribution >= 4 is 0 Å². The topological polar surface area (TPSA) is 18.5 Å². The van der Waals surface area contributed by atoms with Crippen molar-refractivity contribution in [2.24, 2.45) is 5.92 Å². The Morgan fingerprint density at radius 3 is 3.00 bits per heavy atom. The Bertz CT molecular complexity index is 202. The van der Waals surface area contributed by atoms with Gasteiger partial charge < -0.3 is 9.47 Å². The Hall–Kier alpha value is -0.340. The lowest BCUT2D eigenvalue weighted by atomic mass is 9.86. The van der Waals surface area contributed by atoms with Crippen LogP contribution >= 0.6 is 0 Å². The van der Waals surface area contributed by atoms with Crippen LogP contribution in [-0.2, 0) is 9.47 Å². The Morgan fingerprint density at radius 1 is 1.54 bits per heavy atom. The first kappa shape index (κ1) is 9.22. The summed E-state index contributed by atoms with van der Waals surface area (Å²) in [6.45, 7) is 6.70. The normalized spacial score (nSPS) is 45.3. The number of hydrogen-bond donors (Lipinski definition) is 0. The van der Waals surface area contributed by atoms with Crippen molar-refractivity contribution in [3.05, 3.63) is 12.7 Å². The molecular formula is C11H18O2. The molecule has 2 heteroatoms. The van der Waals surface area contributed by atoms with Crippen molar-refractivity contribution in [1.29, 1.82) is 0 Å². The lowest BCUT2D eigenvalue weighted by Crippen LogP contribution is -2.36. The second-order valence-corrected chi connectivity index (χ2v) is 4.32. The number of hydrogen-bond acceptors (Lipinski definition) is 2. The van der Waals surface area contributed by atoms with Crippen LogP contribution in [-0.4, -0.2) is 18.5 Å². The van der Waals surface area contributed by atoms with E-state index in [1.807, 2.05) is 6.08 Å². The summed E-state index contributed by atoms with van der Waals surface area (Å²) in [5.41, 5.74) is 0. The molecule has 3 atom stereocenters. The summed E-state index contributed by atoms with van der Waals surface area (Å²) < 4.78 is 11.6. The van der Waals surface area contributed by atoms with Crippen molar-refractivity contribution in [3.8, 4) is 0 Å². The highest BCUT2D eigenvalue weighted by atomic mass is 16.7. The lowest BCUT2D eigenvalue weighted by molar-refractivity contribution is -0.191. The molecule has 1 spiro atoms. The molecule has 13 heavy (non-hydrogen) atoms. The molecule has 1 aliphatic carbocycles. The molecule has 2 aliphatic rings. The summed E-state index contributed by atoms with van der Waals surface area (Å²) in [6.07, 6.45) is 6.61. The van der Waals surface area contributed by atoms with Gasteiger partial charge in [0.1, 0.15) is 6.10 Å². The van der Waals surface area contributed by atoms with Gasteiger partial charge in [0.15, 0.2) is 5.79 Å². The Balaban J connectivity index is 2.00. The van der Waals surface area contributed by atoms with Crippen molar-refractivity contribution in [2.45, 2.75) is 44.5 Å². The van der Waals surface area contributed by atoms with Crippen molar-refractivity contribution in [3.63, 3.8) is 0 Å². The molecule has 0 N–H and O–H groups in total. The third-order valence-electron chi connectivity index (χ3n) is 3.05. The Morgan fingerprint density at radius 2 is 2.38 bits per heavy atom. The molecule has 2 fully saturated rings. The average molecular weight is 182 g/mol. The molecule has 1 saturated heterocycles. The fourth-order valence-corrected chi connectivity index (χ4v) is 2.39. The summed E-state index contributed by atoms with van der Waals surface area (Å²) >= 11 is 0. The highest BCUT2D eigenvalue weighted by Crippen LogP contribution is 2.40. The van der Waals surface area contributed by atoms with Crippen LogP contribution in [0.5, 0.6) is 0 Å². The molecule has 0 amide bonds. The molecule has 2 rings (SSSR count). The summed E-state index contributed by atoms with van der Waals surface area (Å²) in [4.78, 5) is 0. The van der Waals surface area contributed by atoms with Gasteiger partial charge in [0.25, 0.3) is 0 Å². The molecule has 0 radical (unpaired) electrons. The van der Waals surface area contributed by atoms with Crippen LogP contribution in [0.15, 0.2) is 12.7 Å². The third-order valence-corrected chi connectivity index (χ3v) is 3.05. The SMILES string of the molecule is C=CC1COC2(CCCC(C)C2)O1. The van der Waals surface area contributed by atoms with E-state index in [2.05, 4.69) is 13.5 Å². The van der Waals surface area contributed by atoms with Gasteiger partial charge in [-0.15, -0.1) is 6.58 Å². The van der Waals surface area contributed by atoms with Gasteiger partial charge in [0, 0.05) is 12.8 Å². The first-order chi connectivity index (χ1) is 6.24. The zero-order valence-electron chi connectivity index (χ0n) is 8.29. The van der Waals surface area contributed by atoms with Gasteiger partial charge in [0.05, 0.1) is 6.61 Å². The van der Waals surface area contributed by atoms with E-state index in [9.17, 15) is 0 Å². The van der Waals surface area contributed by atoms with Crippen molar-refractivity contribution < 1.29 is 9.47 Å². The fourth-order valence-electron chi connectivity index (χ4n) is 2.39. The highest BCUT2D eigenvalue weighted by Gasteiger charge is 2.43. The minimum absolute atomic E-state index is 0.116. The van der Waals surface area contributed by atoms with Crippen LogP contribution in [0.2, 0.25) is 0 Å². The highest BCUT2D eigenvalue weighted by molar-refractivity contribution is 4.91. The quantitative estimate of drug-likeness (QED) is 0.580. The van der Waals surface area contributed by atoms with Crippen LogP contribution in [0.3, 0.4) is 0 Å². The zero-order valence-corrected chi connectivity index (χ0v) is 8.29. The van der Waals surface area contributed by atoms with E-state index in [1.54, 1.807) is 0 Å². The number of ether oxygens (including phenoxy) is 2. The van der Waals surface area contributed by atoms with Crippen LogP contribution in [0.25, 0.3) is 0 Å². The molecular weight excluding hydrogens is 164 g/mol. The Kier molecular flexibility index (Phi) is 2.43. The van der Waals surface area contributed by atoms with E-state index in [1.165, 1.54) is 12.8 Å². The smallest absolute Gasteiger partial charge is 0.169 e. The zero-order chi connectivity index (χ0) is 9.31. The summed E-state index contributed by atoms with van der Waals surface area (Å²) in [7, 11) is 0. The van der Waals surface area contributed by atoms with E-state index >= 15 is 0 Å². The third kappa shape index (κ3) is 1.79. The largest absolute Gasteiger partial charge is 0.347 e. The summed E-state index contributed by atoms with van der Waals surface area (Å²) in [5.74, 6) is 0.480. The summed E-state index contributed by atoms with van der Waals surface area (Å²) in [5, 5.41) is 0. The van der Waals surface area contributed by atoms with Crippen LogP contribution in [0.4, 0.5) is 0 Å². The Labute approximate surface area is 79.9 Å². The molecule has 1 heterocycles. The van der Waals surface area contributed by atoms with Gasteiger partial charge in [-0.05, 0) is 12.3 Å². The van der Waals surface area contributed by atoms with Crippen LogP contribution < -0.4 is 0 Å². The maximum atomic E-state index is 5.87. The molecule has 0 aromatic heterocycles. The van der Waals surface area contributed by atoms with Crippen LogP contribution in [0, 0.1) is 5.92 Å². The van der Waals surface area contributed by atoms with Gasteiger partial charge in [-0.3, -0.25) is 0 Å². The second kappa shape index (κ2) is 3.43. The minimum Gasteiger partial charge on any atom is -0.347 e. The van der Waals surface area contributed by atoms with Crippen LogP contribution in [0.1, 0.15) is 32.6 Å². The first-order valence-corrected chi connectivity index (χ1v) is 5.18. The molecule has 3 unspecified atom stereocenters. The molecule has 1 saturated carbocycles. The molecule has 0 aromatic rings. The first-order valence-electron chi connectivity index (χ1n) is 5.18. The molecule has 2 nitrogen and oxygen atoms in total. The van der Waals surface area contributed by atoms with Crippen molar-refractivity contribution in [2.75, 3.05) is 6.61 Å². The van der Waals surface area contributed by atoms with E-state index < -0.39 is 0 Å². The maximum Gasteiger partial charge on any atom is 0.169 e. The predicted molar refractivity (Wildman–Crippen MR) is 51.4 cm³/mol. The monoisotopic (exact) mass is 182 g/mol. The molecule has 0 aromatic carbocycles. The lowest BCUT2D eigenvalue weighted by Gasteiger charge is -2.35. The molecule has 0 bridgehead atoms. The van der Waals surface area contributed by atoms with Gasteiger partial charge in [-0.25, -0.2) is 0 Å². The van der Waals surface area contributed by atoms with Gasteiger partial charge in [-0.2, -0.15) is 0 Å². The van der Waals surface area contributed by atoms with Gasteiger partial charge in [-0.1, -0.05) is 19.4 Å². The molecule has 74 valence electrons. The fraction of sp³-hybridized carbons (Fsp3) is 0.818. The van der Waals surface area contributed by atoms with E-state index in [0.29, 0.717) is 6.61 Å². The van der Waals surface area contributed by atoms with Crippen molar-refractivity contribution in [1.82, 2.24) is 0 Å². The number of rotatable bonds is 1. The second-order valence-electron chi connectivity index (χ2n) is 4.32. The van der Waals surface area contributed by atoms with E-state index in [4.69, 9.17) is 9.47 Å². The maximum absolute atomic E-state index is 5.87. The van der Waals surface area contributed by atoms with E-state index in [0.717, 1.165) is 18.8 Å². The summed E-state index contributed by atoms with van der Waals surface area (Å²) in [6, 6.07) is 0. The predicted octanol–water partition coefficient (Wildman–Crippen LogP) is 2.49. The standard InChI is InChI=1S/C11H18O2/c1-3-10-8-12-11(13-10)6-4-5-9(2)7-11/h3,9-10H,1,4-8H2,2H3. The minimum atomic E-state index is -0.253. The van der Waals surface area contributed by atoms with E-state index in [-0.39, 0.29) is 11.9 Å². The van der Waals surface area contributed by atoms with Gasteiger partial charge >= 0.3 is 0 Å².